The largest absolute Gasteiger partial charge is 0.444 e. The summed E-state index contributed by atoms with van der Waals surface area (Å²) in [6.07, 6.45) is -0.624. The van der Waals surface area contributed by atoms with Crippen molar-refractivity contribution in [1.82, 2.24) is 4.90 Å². The van der Waals surface area contributed by atoms with Crippen LogP contribution >= 0.6 is 0 Å². The molecule has 1 fully saturated rings. The number of aliphatic hydroxyl groups excluding tert-OH is 1. The molecule has 0 aliphatic carbocycles. The zero-order valence-corrected chi connectivity index (χ0v) is 9.93. The van der Waals surface area contributed by atoms with Crippen LogP contribution < -0.4 is 0 Å². The molecule has 2 atom stereocenters. The van der Waals surface area contributed by atoms with Crippen LogP contribution in [0.3, 0.4) is 0 Å². The number of hydrogen-bond acceptors (Lipinski definition) is 4. The second-order valence-corrected chi connectivity index (χ2v) is 5.02. The first-order chi connectivity index (χ1) is 7.33. The van der Waals surface area contributed by atoms with Gasteiger partial charge >= 0.3 is 6.09 Å². The molecule has 1 aliphatic rings. The number of likely N-dealkylation sites (tertiary alicyclic amines) is 1. The normalized spacial score (nSPS) is 26.1. The Kier molecular flexibility index (Phi) is 3.76. The summed E-state index contributed by atoms with van der Waals surface area (Å²) >= 11 is 0. The second-order valence-electron chi connectivity index (χ2n) is 5.02. The molecule has 0 radical (unpaired) electrons. The van der Waals surface area contributed by atoms with Crippen LogP contribution in [0.15, 0.2) is 0 Å². The fraction of sp³-hybridized carbons (Fsp3) is 0.818. The number of carbonyl (C=O) groups is 1. The summed E-state index contributed by atoms with van der Waals surface area (Å²) in [5.41, 5.74) is -0.532. The molecule has 1 heterocycles. The molecule has 5 heteroatoms. The van der Waals surface area contributed by atoms with E-state index in [1.165, 1.54) is 4.90 Å². The van der Waals surface area contributed by atoms with Crippen molar-refractivity contribution in [3.8, 4) is 6.07 Å². The maximum atomic E-state index is 11.7. The van der Waals surface area contributed by atoms with Crippen LogP contribution in [-0.2, 0) is 4.74 Å². The molecule has 16 heavy (non-hydrogen) atoms. The van der Waals surface area contributed by atoms with E-state index in [0.29, 0.717) is 13.0 Å². The number of carbonyl (C=O) groups excluding carboxylic acids is 1. The number of aliphatic hydroxyl groups is 1. The highest BCUT2D eigenvalue weighted by Gasteiger charge is 2.32. The van der Waals surface area contributed by atoms with Crippen LogP contribution in [0, 0.1) is 17.2 Å². The predicted octanol–water partition coefficient (Wildman–Crippen LogP) is 1.13. The summed E-state index contributed by atoms with van der Waals surface area (Å²) < 4.78 is 5.20. The van der Waals surface area contributed by atoms with Gasteiger partial charge in [0.05, 0.1) is 18.1 Å². The Morgan fingerprint density at radius 1 is 1.56 bits per heavy atom. The van der Waals surface area contributed by atoms with E-state index in [1.807, 2.05) is 6.07 Å². The van der Waals surface area contributed by atoms with Crippen molar-refractivity contribution in [1.29, 1.82) is 5.26 Å². The maximum absolute atomic E-state index is 11.7. The fourth-order valence-corrected chi connectivity index (χ4v) is 1.56. The zero-order valence-electron chi connectivity index (χ0n) is 9.93. The molecule has 1 N–H and O–H groups in total. The lowest BCUT2D eigenvalue weighted by molar-refractivity contribution is 0.000842. The molecule has 0 aromatic rings. The topological polar surface area (TPSA) is 73.6 Å². The van der Waals surface area contributed by atoms with Gasteiger partial charge in [-0.25, -0.2) is 4.79 Å². The molecular weight excluding hydrogens is 208 g/mol. The molecule has 0 aromatic carbocycles. The zero-order chi connectivity index (χ0) is 12.3. The molecule has 1 amide bonds. The van der Waals surface area contributed by atoms with E-state index in [1.54, 1.807) is 20.8 Å². The molecule has 1 rings (SSSR count). The lowest BCUT2D eigenvalue weighted by Gasteiger charge is -2.34. The second kappa shape index (κ2) is 4.71. The Balaban J connectivity index is 2.56. The standard InChI is InChI=1S/C11H18N2O3/c1-11(2,3)16-10(15)13-5-4-9(14)8(6-12)7-13/h8-9,14H,4-5,7H2,1-3H3/t8-,9-/m0/s1. The van der Waals surface area contributed by atoms with Crippen LogP contribution in [0.25, 0.3) is 0 Å². The highest BCUT2D eigenvalue weighted by Crippen LogP contribution is 2.19. The number of nitrogens with zero attached hydrogens (tertiary/aromatic N) is 2. The molecule has 0 aromatic heterocycles. The van der Waals surface area contributed by atoms with Gasteiger partial charge < -0.3 is 14.7 Å². The summed E-state index contributed by atoms with van der Waals surface area (Å²) in [6, 6.07) is 2.00. The SMILES string of the molecule is CC(C)(C)OC(=O)N1CC[C@H](O)[C@@H](C#N)C1. The quantitative estimate of drug-likeness (QED) is 0.672. The van der Waals surface area contributed by atoms with E-state index in [9.17, 15) is 9.90 Å². The number of piperidine rings is 1. The third-order valence-electron chi connectivity index (χ3n) is 2.39. The van der Waals surface area contributed by atoms with Gasteiger partial charge in [0, 0.05) is 13.1 Å². The number of nitriles is 1. The highest BCUT2D eigenvalue weighted by molar-refractivity contribution is 5.68. The van der Waals surface area contributed by atoms with Crippen molar-refractivity contribution < 1.29 is 14.6 Å². The maximum Gasteiger partial charge on any atom is 0.410 e. The summed E-state index contributed by atoms with van der Waals surface area (Å²) in [7, 11) is 0. The molecule has 90 valence electrons. The molecule has 1 aliphatic heterocycles. The summed E-state index contributed by atoms with van der Waals surface area (Å²) in [5.74, 6) is -0.513. The third kappa shape index (κ3) is 3.38. The van der Waals surface area contributed by atoms with Gasteiger partial charge in [-0.05, 0) is 27.2 Å². The smallest absolute Gasteiger partial charge is 0.410 e. The average Bonchev–Trinajstić information content (AvgIpc) is 2.15. The monoisotopic (exact) mass is 226 g/mol. The number of hydrogen-bond donors (Lipinski definition) is 1. The Morgan fingerprint density at radius 3 is 2.69 bits per heavy atom. The Labute approximate surface area is 95.6 Å². The predicted molar refractivity (Wildman–Crippen MR) is 57.5 cm³/mol. The van der Waals surface area contributed by atoms with Gasteiger partial charge in [-0.3, -0.25) is 0 Å². The first kappa shape index (κ1) is 12.8. The average molecular weight is 226 g/mol. The van der Waals surface area contributed by atoms with Crippen LogP contribution in [0.1, 0.15) is 27.2 Å². The first-order valence-electron chi connectivity index (χ1n) is 5.39. The third-order valence-corrected chi connectivity index (χ3v) is 2.39. The molecule has 0 spiro atoms. The van der Waals surface area contributed by atoms with Crippen LogP contribution in [0.5, 0.6) is 0 Å². The van der Waals surface area contributed by atoms with E-state index in [0.717, 1.165) is 0 Å². The van der Waals surface area contributed by atoms with E-state index in [-0.39, 0.29) is 6.54 Å². The van der Waals surface area contributed by atoms with E-state index in [2.05, 4.69) is 0 Å². The summed E-state index contributed by atoms with van der Waals surface area (Å²) in [5, 5.41) is 18.3. The molecule has 1 saturated heterocycles. The lowest BCUT2D eigenvalue weighted by atomic mass is 9.96. The first-order valence-corrected chi connectivity index (χ1v) is 5.39. The van der Waals surface area contributed by atoms with Crippen LogP contribution in [0.2, 0.25) is 0 Å². The van der Waals surface area contributed by atoms with E-state index >= 15 is 0 Å². The van der Waals surface area contributed by atoms with Crippen molar-refractivity contribution in [2.75, 3.05) is 13.1 Å². The van der Waals surface area contributed by atoms with Gasteiger partial charge in [0.2, 0.25) is 0 Å². The van der Waals surface area contributed by atoms with Gasteiger partial charge in [-0.1, -0.05) is 0 Å². The number of ether oxygens (including phenoxy) is 1. The summed E-state index contributed by atoms with van der Waals surface area (Å²) in [6.45, 7) is 6.07. The van der Waals surface area contributed by atoms with Crippen molar-refractivity contribution >= 4 is 6.09 Å². The van der Waals surface area contributed by atoms with Crippen molar-refractivity contribution in [2.24, 2.45) is 5.92 Å². The van der Waals surface area contributed by atoms with Crippen molar-refractivity contribution in [2.45, 2.75) is 38.9 Å². The Bertz CT molecular complexity index is 303. The van der Waals surface area contributed by atoms with Crippen LogP contribution in [0.4, 0.5) is 4.79 Å². The van der Waals surface area contributed by atoms with Gasteiger partial charge in [0.1, 0.15) is 5.60 Å². The number of rotatable bonds is 0. The molecule has 0 bridgehead atoms. The fourth-order valence-electron chi connectivity index (χ4n) is 1.56. The minimum Gasteiger partial charge on any atom is -0.444 e. The van der Waals surface area contributed by atoms with E-state index < -0.39 is 23.7 Å². The molecule has 0 unspecified atom stereocenters. The van der Waals surface area contributed by atoms with Gasteiger partial charge in [0.25, 0.3) is 0 Å². The van der Waals surface area contributed by atoms with Crippen molar-refractivity contribution in [3.63, 3.8) is 0 Å². The van der Waals surface area contributed by atoms with Gasteiger partial charge in [-0.2, -0.15) is 5.26 Å². The summed E-state index contributed by atoms with van der Waals surface area (Å²) in [4.78, 5) is 13.2. The van der Waals surface area contributed by atoms with Gasteiger partial charge in [0.15, 0.2) is 0 Å². The number of amides is 1. The van der Waals surface area contributed by atoms with Crippen LogP contribution in [-0.4, -0.2) is 40.9 Å². The highest BCUT2D eigenvalue weighted by atomic mass is 16.6. The Hall–Kier alpha value is -1.28. The molecular formula is C11H18N2O3. The lowest BCUT2D eigenvalue weighted by Crippen LogP contribution is -2.47. The van der Waals surface area contributed by atoms with E-state index in [4.69, 9.17) is 10.00 Å². The van der Waals surface area contributed by atoms with Gasteiger partial charge in [-0.15, -0.1) is 0 Å². The molecule has 5 nitrogen and oxygen atoms in total. The molecule has 0 saturated carbocycles. The minimum absolute atomic E-state index is 0.243. The van der Waals surface area contributed by atoms with Crippen molar-refractivity contribution in [3.05, 3.63) is 0 Å². The minimum atomic E-state index is -0.635. The Morgan fingerprint density at radius 2 is 2.19 bits per heavy atom.